The molecule has 1 amide bonds. The largest absolute Gasteiger partial charge is 0.391 e. The average molecular weight is 348 g/mol. The van der Waals surface area contributed by atoms with E-state index >= 15 is 0 Å². The number of hydrogen-bond acceptors (Lipinski definition) is 4. The summed E-state index contributed by atoms with van der Waals surface area (Å²) in [6, 6.07) is 0. The number of carbonyl (C=O) groups excluding carboxylic acids is 1. The van der Waals surface area contributed by atoms with Gasteiger partial charge in [-0.1, -0.05) is 0 Å². The summed E-state index contributed by atoms with van der Waals surface area (Å²) in [5.41, 5.74) is 0.848. The molecule has 0 bridgehead atoms. The van der Waals surface area contributed by atoms with Crippen LogP contribution in [-0.2, 0) is 17.9 Å². The first-order valence-electron chi connectivity index (χ1n) is 9.46. The van der Waals surface area contributed by atoms with E-state index in [1.54, 1.807) is 6.92 Å². The second kappa shape index (κ2) is 6.72. The summed E-state index contributed by atoms with van der Waals surface area (Å²) in [6.45, 7) is 12.3. The Hall–Kier alpha value is -1.40. The molecular weight excluding hydrogens is 316 g/mol. The molecule has 1 atom stereocenters. The van der Waals surface area contributed by atoms with Gasteiger partial charge in [-0.05, 0) is 58.5 Å². The van der Waals surface area contributed by atoms with Gasteiger partial charge in [-0.3, -0.25) is 14.4 Å². The zero-order valence-corrected chi connectivity index (χ0v) is 16.0. The lowest BCUT2D eigenvalue weighted by atomic mass is 9.67. The van der Waals surface area contributed by atoms with Crippen molar-refractivity contribution in [1.29, 1.82) is 0 Å². The molecule has 2 aliphatic rings. The monoisotopic (exact) mass is 348 g/mol. The van der Waals surface area contributed by atoms with Crippen LogP contribution < -0.4 is 0 Å². The Morgan fingerprint density at radius 2 is 2.04 bits per heavy atom. The molecule has 1 N–H and O–H groups in total. The molecule has 2 saturated heterocycles. The van der Waals surface area contributed by atoms with Crippen LogP contribution in [0.5, 0.6) is 0 Å². The zero-order chi connectivity index (χ0) is 18.2. The number of carbonyl (C=O) groups is 1. The first-order chi connectivity index (χ1) is 11.8. The van der Waals surface area contributed by atoms with E-state index in [9.17, 15) is 9.90 Å². The summed E-state index contributed by atoms with van der Waals surface area (Å²) in [5.74, 6) is 0.0672. The van der Waals surface area contributed by atoms with Crippen LogP contribution in [0.1, 0.15) is 52.5 Å². The van der Waals surface area contributed by atoms with E-state index in [0.717, 1.165) is 52.0 Å². The van der Waals surface area contributed by atoms with Crippen LogP contribution in [0.15, 0.2) is 12.4 Å². The molecule has 6 nitrogen and oxygen atoms in total. The maximum atomic E-state index is 12.1. The molecule has 1 aromatic heterocycles. The SMILES string of the molecule is CCn1cc(CN2CCC3(CC2)C[C@@H](O)C(C)(C)N(C(C)=O)C3)cn1. The van der Waals surface area contributed by atoms with Crippen LogP contribution in [-0.4, -0.2) is 61.9 Å². The highest BCUT2D eigenvalue weighted by atomic mass is 16.3. The number of aliphatic hydroxyl groups is 1. The van der Waals surface area contributed by atoms with Gasteiger partial charge in [-0.15, -0.1) is 0 Å². The highest BCUT2D eigenvalue weighted by Crippen LogP contribution is 2.45. The Kier molecular flexibility index (Phi) is 4.95. The predicted octanol–water partition coefficient (Wildman–Crippen LogP) is 1.88. The number of nitrogens with zero attached hydrogens (tertiary/aromatic N) is 4. The average Bonchev–Trinajstić information content (AvgIpc) is 3.01. The van der Waals surface area contributed by atoms with Crippen LogP contribution in [0.2, 0.25) is 0 Å². The predicted molar refractivity (Wildman–Crippen MR) is 96.9 cm³/mol. The van der Waals surface area contributed by atoms with Gasteiger partial charge in [0.15, 0.2) is 0 Å². The van der Waals surface area contributed by atoms with E-state index < -0.39 is 11.6 Å². The van der Waals surface area contributed by atoms with Crippen LogP contribution in [0, 0.1) is 5.41 Å². The molecule has 2 fully saturated rings. The fourth-order valence-corrected chi connectivity index (χ4v) is 4.43. The minimum Gasteiger partial charge on any atom is -0.391 e. The third kappa shape index (κ3) is 3.60. The van der Waals surface area contributed by atoms with E-state index in [4.69, 9.17) is 0 Å². The lowest BCUT2D eigenvalue weighted by Gasteiger charge is -2.55. The van der Waals surface area contributed by atoms with Crippen molar-refractivity contribution in [3.05, 3.63) is 18.0 Å². The first kappa shape index (κ1) is 18.4. The van der Waals surface area contributed by atoms with Crippen molar-refractivity contribution in [3.8, 4) is 0 Å². The zero-order valence-electron chi connectivity index (χ0n) is 16.0. The molecule has 0 unspecified atom stereocenters. The molecule has 0 radical (unpaired) electrons. The van der Waals surface area contributed by atoms with Gasteiger partial charge in [0, 0.05) is 38.3 Å². The van der Waals surface area contributed by atoms with Crippen molar-refractivity contribution in [3.63, 3.8) is 0 Å². The van der Waals surface area contributed by atoms with E-state index in [2.05, 4.69) is 23.1 Å². The van der Waals surface area contributed by atoms with Gasteiger partial charge in [0.25, 0.3) is 0 Å². The van der Waals surface area contributed by atoms with Gasteiger partial charge in [-0.2, -0.15) is 5.10 Å². The van der Waals surface area contributed by atoms with E-state index in [1.807, 2.05) is 29.6 Å². The van der Waals surface area contributed by atoms with Gasteiger partial charge < -0.3 is 10.0 Å². The second-order valence-electron chi connectivity index (χ2n) is 8.46. The smallest absolute Gasteiger partial charge is 0.219 e. The molecule has 2 aliphatic heterocycles. The summed E-state index contributed by atoms with van der Waals surface area (Å²) in [4.78, 5) is 16.5. The van der Waals surface area contributed by atoms with Gasteiger partial charge in [0.1, 0.15) is 0 Å². The molecule has 6 heteroatoms. The number of piperidine rings is 2. The van der Waals surface area contributed by atoms with E-state index in [-0.39, 0.29) is 11.3 Å². The molecule has 0 aromatic carbocycles. The number of aromatic nitrogens is 2. The minimum atomic E-state index is -0.469. The number of hydrogen-bond donors (Lipinski definition) is 1. The third-order valence-electron chi connectivity index (χ3n) is 6.34. The topological polar surface area (TPSA) is 61.6 Å². The van der Waals surface area contributed by atoms with Crippen LogP contribution in [0.3, 0.4) is 0 Å². The number of rotatable bonds is 3. The number of amides is 1. The van der Waals surface area contributed by atoms with Crippen LogP contribution in [0.25, 0.3) is 0 Å². The molecule has 1 spiro atoms. The van der Waals surface area contributed by atoms with Gasteiger partial charge in [-0.25, -0.2) is 0 Å². The molecule has 140 valence electrons. The lowest BCUT2D eigenvalue weighted by Crippen LogP contribution is -2.64. The Morgan fingerprint density at radius 1 is 1.36 bits per heavy atom. The van der Waals surface area contributed by atoms with Gasteiger partial charge >= 0.3 is 0 Å². The van der Waals surface area contributed by atoms with E-state index in [1.165, 1.54) is 5.56 Å². The van der Waals surface area contributed by atoms with Gasteiger partial charge in [0.2, 0.25) is 5.91 Å². The fraction of sp³-hybridized carbons (Fsp3) is 0.789. The summed E-state index contributed by atoms with van der Waals surface area (Å²) < 4.78 is 1.96. The van der Waals surface area contributed by atoms with Crippen molar-refractivity contribution >= 4 is 5.91 Å². The highest BCUT2D eigenvalue weighted by Gasteiger charge is 2.50. The maximum absolute atomic E-state index is 12.1. The molecule has 25 heavy (non-hydrogen) atoms. The van der Waals surface area contributed by atoms with Crippen molar-refractivity contribution in [2.24, 2.45) is 5.41 Å². The molecule has 3 heterocycles. The summed E-state index contributed by atoms with van der Waals surface area (Å²) in [5, 5.41) is 15.0. The van der Waals surface area contributed by atoms with Crippen LogP contribution >= 0.6 is 0 Å². The Morgan fingerprint density at radius 3 is 2.60 bits per heavy atom. The van der Waals surface area contributed by atoms with Crippen molar-refractivity contribution in [2.75, 3.05) is 19.6 Å². The maximum Gasteiger partial charge on any atom is 0.219 e. The highest BCUT2D eigenvalue weighted by molar-refractivity contribution is 5.74. The third-order valence-corrected chi connectivity index (χ3v) is 6.34. The molecule has 0 saturated carbocycles. The molecular formula is C19H32N4O2. The number of likely N-dealkylation sites (tertiary alicyclic amines) is 2. The molecule has 1 aromatic rings. The van der Waals surface area contributed by atoms with Crippen molar-refractivity contribution in [1.82, 2.24) is 19.6 Å². The molecule has 0 aliphatic carbocycles. The first-order valence-corrected chi connectivity index (χ1v) is 9.46. The fourth-order valence-electron chi connectivity index (χ4n) is 4.43. The quantitative estimate of drug-likeness (QED) is 0.906. The van der Waals surface area contributed by atoms with Gasteiger partial charge in [0.05, 0.1) is 17.8 Å². The molecule has 3 rings (SSSR count). The second-order valence-corrected chi connectivity index (χ2v) is 8.46. The van der Waals surface area contributed by atoms with E-state index in [0.29, 0.717) is 0 Å². The normalized spacial score (nSPS) is 26.1. The summed E-state index contributed by atoms with van der Waals surface area (Å²) in [6.07, 6.45) is 6.48. The summed E-state index contributed by atoms with van der Waals surface area (Å²) in [7, 11) is 0. The Balaban J connectivity index is 1.63. The number of aliphatic hydroxyl groups excluding tert-OH is 1. The minimum absolute atomic E-state index is 0.0602. The van der Waals surface area contributed by atoms with Crippen molar-refractivity contribution in [2.45, 2.75) is 71.7 Å². The van der Waals surface area contributed by atoms with Crippen molar-refractivity contribution < 1.29 is 9.90 Å². The van der Waals surface area contributed by atoms with Crippen LogP contribution in [0.4, 0.5) is 0 Å². The number of aryl methyl sites for hydroxylation is 1. The standard InChI is InChI=1S/C19H32N4O2/c1-5-22-13-16(11-20-22)12-21-8-6-19(7-9-21)10-17(25)18(3,4)23(14-19)15(2)24/h11,13,17,25H,5-10,12,14H2,1-4H3/t17-/m1/s1. The lowest BCUT2D eigenvalue weighted by molar-refractivity contribution is -0.157. The summed E-state index contributed by atoms with van der Waals surface area (Å²) >= 11 is 0. The Labute approximate surface area is 150 Å². The Bertz CT molecular complexity index is 617.